The highest BCUT2D eigenvalue weighted by atomic mass is 14.9. The van der Waals surface area contributed by atoms with Crippen LogP contribution < -0.4 is 5.32 Å². The molecule has 2 rings (SSSR count). The van der Waals surface area contributed by atoms with E-state index in [1.165, 1.54) is 38.9 Å². The van der Waals surface area contributed by atoms with Gasteiger partial charge in [0.1, 0.15) is 0 Å². The van der Waals surface area contributed by atoms with Crippen LogP contribution in [0.2, 0.25) is 0 Å². The Morgan fingerprint density at radius 2 is 1.48 bits per heavy atom. The lowest BCUT2D eigenvalue weighted by Crippen LogP contribution is -2.24. The molecule has 1 N–H and O–H groups in total. The second-order valence-corrected chi connectivity index (χ2v) is 6.07. The summed E-state index contributed by atoms with van der Waals surface area (Å²) in [6, 6.07) is 11.5. The van der Waals surface area contributed by atoms with Crippen LogP contribution in [0.1, 0.15) is 51.9 Å². The molecular formula is C20H27N. The first kappa shape index (κ1) is 15.8. The summed E-state index contributed by atoms with van der Waals surface area (Å²) in [6.45, 7) is 14.2. The van der Waals surface area contributed by atoms with Crippen LogP contribution in [0, 0.1) is 34.6 Å². The third kappa shape index (κ3) is 3.19. The summed E-state index contributed by atoms with van der Waals surface area (Å²) < 4.78 is 0. The fourth-order valence-electron chi connectivity index (χ4n) is 2.97. The minimum absolute atomic E-state index is 0.272. The fourth-order valence-corrected chi connectivity index (χ4v) is 2.97. The highest BCUT2D eigenvalue weighted by molar-refractivity contribution is 5.45. The smallest absolute Gasteiger partial charge is 0.0582 e. The monoisotopic (exact) mass is 281 g/mol. The van der Waals surface area contributed by atoms with Gasteiger partial charge in [-0.05, 0) is 80.1 Å². The molecular weight excluding hydrogens is 254 g/mol. The number of rotatable bonds is 4. The van der Waals surface area contributed by atoms with Crippen molar-refractivity contribution in [3.8, 4) is 0 Å². The Labute approximate surface area is 129 Å². The average molecular weight is 281 g/mol. The van der Waals surface area contributed by atoms with E-state index in [9.17, 15) is 0 Å². The minimum Gasteiger partial charge on any atom is -0.307 e. The number of benzene rings is 2. The Bertz CT molecular complexity index is 641. The Hall–Kier alpha value is -1.60. The van der Waals surface area contributed by atoms with Crippen molar-refractivity contribution < 1.29 is 0 Å². The lowest BCUT2D eigenvalue weighted by atomic mass is 9.88. The van der Waals surface area contributed by atoms with E-state index in [1.54, 1.807) is 0 Å². The largest absolute Gasteiger partial charge is 0.307 e. The van der Waals surface area contributed by atoms with E-state index in [-0.39, 0.29) is 6.04 Å². The number of hydrogen-bond acceptors (Lipinski definition) is 1. The van der Waals surface area contributed by atoms with Crippen LogP contribution in [0.15, 0.2) is 30.3 Å². The maximum Gasteiger partial charge on any atom is 0.0582 e. The first-order valence-corrected chi connectivity index (χ1v) is 7.83. The fraction of sp³-hybridized carbons (Fsp3) is 0.400. The summed E-state index contributed by atoms with van der Waals surface area (Å²) >= 11 is 0. The van der Waals surface area contributed by atoms with Gasteiger partial charge >= 0.3 is 0 Å². The Morgan fingerprint density at radius 3 is 2.14 bits per heavy atom. The summed E-state index contributed by atoms with van der Waals surface area (Å²) in [4.78, 5) is 0. The van der Waals surface area contributed by atoms with Gasteiger partial charge in [-0.3, -0.25) is 0 Å². The van der Waals surface area contributed by atoms with E-state index in [0.717, 1.165) is 6.54 Å². The first-order valence-electron chi connectivity index (χ1n) is 7.83. The van der Waals surface area contributed by atoms with Crippen molar-refractivity contribution in [2.75, 3.05) is 6.54 Å². The molecule has 2 aromatic carbocycles. The summed E-state index contributed by atoms with van der Waals surface area (Å²) in [5.74, 6) is 0. The first-order chi connectivity index (χ1) is 9.95. The van der Waals surface area contributed by atoms with Gasteiger partial charge in [-0.1, -0.05) is 37.3 Å². The molecule has 2 aromatic rings. The van der Waals surface area contributed by atoms with Crippen LogP contribution in [0.25, 0.3) is 0 Å². The van der Waals surface area contributed by atoms with E-state index < -0.39 is 0 Å². The van der Waals surface area contributed by atoms with Gasteiger partial charge in [0.05, 0.1) is 6.04 Å². The van der Waals surface area contributed by atoms with Crippen molar-refractivity contribution >= 4 is 0 Å². The van der Waals surface area contributed by atoms with Gasteiger partial charge in [-0.15, -0.1) is 0 Å². The van der Waals surface area contributed by atoms with Gasteiger partial charge in [-0.25, -0.2) is 0 Å². The summed E-state index contributed by atoms with van der Waals surface area (Å²) in [7, 11) is 0. The topological polar surface area (TPSA) is 12.0 Å². The van der Waals surface area contributed by atoms with E-state index in [4.69, 9.17) is 0 Å². The minimum atomic E-state index is 0.272. The van der Waals surface area contributed by atoms with Crippen molar-refractivity contribution in [2.45, 2.75) is 47.6 Å². The molecule has 1 heteroatoms. The molecule has 0 heterocycles. The molecule has 0 aromatic heterocycles. The second kappa shape index (κ2) is 6.44. The van der Waals surface area contributed by atoms with Gasteiger partial charge in [0, 0.05) is 0 Å². The molecule has 0 aliphatic carbocycles. The molecule has 0 fully saturated rings. The standard InChI is InChI=1S/C20H27N/c1-7-21-20(18-10-8-9-13(2)17(18)6)19-12-15(4)14(3)11-16(19)5/h8-12,20-21H,7H2,1-6H3. The van der Waals surface area contributed by atoms with Crippen molar-refractivity contribution in [1.29, 1.82) is 0 Å². The predicted molar refractivity (Wildman–Crippen MR) is 92.1 cm³/mol. The van der Waals surface area contributed by atoms with Crippen LogP contribution in [0.5, 0.6) is 0 Å². The van der Waals surface area contributed by atoms with Crippen molar-refractivity contribution in [3.05, 3.63) is 69.3 Å². The molecule has 1 unspecified atom stereocenters. The molecule has 0 aliphatic heterocycles. The maximum atomic E-state index is 3.67. The predicted octanol–water partition coefficient (Wildman–Crippen LogP) is 4.93. The second-order valence-electron chi connectivity index (χ2n) is 6.07. The Morgan fingerprint density at radius 1 is 0.810 bits per heavy atom. The van der Waals surface area contributed by atoms with E-state index in [1.807, 2.05) is 0 Å². The van der Waals surface area contributed by atoms with Crippen LogP contribution in [0.4, 0.5) is 0 Å². The zero-order valence-corrected chi connectivity index (χ0v) is 14.2. The lowest BCUT2D eigenvalue weighted by molar-refractivity contribution is 0.623. The Kier molecular flexibility index (Phi) is 4.84. The summed E-state index contributed by atoms with van der Waals surface area (Å²) in [5, 5.41) is 3.67. The SMILES string of the molecule is CCNC(c1cc(C)c(C)cc1C)c1cccc(C)c1C. The van der Waals surface area contributed by atoms with Gasteiger partial charge in [0.25, 0.3) is 0 Å². The average Bonchev–Trinajstić information content (AvgIpc) is 2.44. The molecule has 0 bridgehead atoms. The molecule has 112 valence electrons. The van der Waals surface area contributed by atoms with Crippen LogP contribution in [-0.2, 0) is 0 Å². The quantitative estimate of drug-likeness (QED) is 0.838. The van der Waals surface area contributed by atoms with E-state index in [2.05, 4.69) is 77.2 Å². The molecule has 0 saturated heterocycles. The van der Waals surface area contributed by atoms with Gasteiger partial charge in [0.15, 0.2) is 0 Å². The molecule has 0 saturated carbocycles. The molecule has 21 heavy (non-hydrogen) atoms. The van der Waals surface area contributed by atoms with Crippen LogP contribution >= 0.6 is 0 Å². The summed E-state index contributed by atoms with van der Waals surface area (Å²) in [5.41, 5.74) is 9.64. The van der Waals surface area contributed by atoms with Crippen molar-refractivity contribution in [1.82, 2.24) is 5.32 Å². The maximum absolute atomic E-state index is 3.67. The third-order valence-electron chi connectivity index (χ3n) is 4.56. The molecule has 0 aliphatic rings. The van der Waals surface area contributed by atoms with E-state index in [0.29, 0.717) is 0 Å². The Balaban J connectivity index is 2.59. The van der Waals surface area contributed by atoms with Gasteiger partial charge in [-0.2, -0.15) is 0 Å². The van der Waals surface area contributed by atoms with E-state index >= 15 is 0 Å². The number of hydrogen-bond donors (Lipinski definition) is 1. The molecule has 1 nitrogen and oxygen atoms in total. The lowest BCUT2D eigenvalue weighted by Gasteiger charge is -2.24. The highest BCUT2D eigenvalue weighted by Crippen LogP contribution is 2.30. The highest BCUT2D eigenvalue weighted by Gasteiger charge is 2.18. The van der Waals surface area contributed by atoms with Gasteiger partial charge < -0.3 is 5.32 Å². The number of nitrogens with one attached hydrogen (secondary N) is 1. The van der Waals surface area contributed by atoms with Crippen LogP contribution in [0.3, 0.4) is 0 Å². The zero-order chi connectivity index (χ0) is 15.6. The summed E-state index contributed by atoms with van der Waals surface area (Å²) in [6.07, 6.45) is 0. The molecule has 0 spiro atoms. The normalized spacial score (nSPS) is 12.5. The molecule has 0 amide bonds. The van der Waals surface area contributed by atoms with Crippen molar-refractivity contribution in [2.24, 2.45) is 0 Å². The van der Waals surface area contributed by atoms with Gasteiger partial charge in [0.2, 0.25) is 0 Å². The molecule has 1 atom stereocenters. The van der Waals surface area contributed by atoms with Crippen molar-refractivity contribution in [3.63, 3.8) is 0 Å². The zero-order valence-electron chi connectivity index (χ0n) is 14.2. The number of aryl methyl sites for hydroxylation is 4. The van der Waals surface area contributed by atoms with Crippen LogP contribution in [-0.4, -0.2) is 6.54 Å². The third-order valence-corrected chi connectivity index (χ3v) is 4.56. The molecule has 0 radical (unpaired) electrons.